The second kappa shape index (κ2) is 4.28. The number of imidazole rings is 1. The van der Waals surface area contributed by atoms with Crippen molar-refractivity contribution in [3.63, 3.8) is 0 Å². The number of fused-ring (bicyclic) bond motifs is 1. The van der Waals surface area contributed by atoms with Gasteiger partial charge in [-0.3, -0.25) is 4.90 Å². The van der Waals surface area contributed by atoms with Crippen LogP contribution in [0, 0.1) is 0 Å². The number of nitrogens with zero attached hydrogens (tertiary/aromatic N) is 3. The highest BCUT2D eigenvalue weighted by molar-refractivity contribution is 5.53. The first-order valence-electron chi connectivity index (χ1n) is 6.59. The van der Waals surface area contributed by atoms with Crippen molar-refractivity contribution in [1.82, 2.24) is 14.3 Å². The van der Waals surface area contributed by atoms with E-state index in [0.717, 1.165) is 18.7 Å². The Morgan fingerprint density at radius 2 is 2.28 bits per heavy atom. The molecule has 1 aliphatic rings. The fourth-order valence-corrected chi connectivity index (χ4v) is 2.90. The van der Waals surface area contributed by atoms with Crippen LogP contribution in [0.15, 0.2) is 24.5 Å². The lowest BCUT2D eigenvalue weighted by atomic mass is 10.1. The molecule has 0 radical (unpaired) electrons. The zero-order valence-corrected chi connectivity index (χ0v) is 10.9. The molecular formula is C14H19N3O. The average Bonchev–Trinajstić information content (AvgIpc) is 2.95. The zero-order chi connectivity index (χ0) is 12.7. The highest BCUT2D eigenvalue weighted by Gasteiger charge is 2.29. The molecule has 3 rings (SSSR count). The number of aromatic hydroxyl groups is 1. The van der Waals surface area contributed by atoms with Crippen LogP contribution in [0.3, 0.4) is 0 Å². The molecule has 0 saturated carbocycles. The van der Waals surface area contributed by atoms with Crippen LogP contribution in [0.1, 0.15) is 38.4 Å². The number of likely N-dealkylation sites (tertiary alicyclic amines) is 1. The van der Waals surface area contributed by atoms with Gasteiger partial charge in [-0.05, 0) is 45.4 Å². The lowest BCUT2D eigenvalue weighted by Gasteiger charge is -2.26. The molecule has 0 amide bonds. The summed E-state index contributed by atoms with van der Waals surface area (Å²) < 4.78 is 1.90. The van der Waals surface area contributed by atoms with E-state index in [1.54, 1.807) is 6.07 Å². The van der Waals surface area contributed by atoms with Gasteiger partial charge in [0, 0.05) is 18.4 Å². The minimum atomic E-state index is 0.248. The molecule has 1 fully saturated rings. The maximum atomic E-state index is 9.81. The summed E-state index contributed by atoms with van der Waals surface area (Å²) in [5, 5.41) is 9.81. The second-order valence-corrected chi connectivity index (χ2v) is 5.28. The molecule has 1 unspecified atom stereocenters. The minimum absolute atomic E-state index is 0.248. The van der Waals surface area contributed by atoms with Gasteiger partial charge in [0.2, 0.25) is 0 Å². The molecule has 0 bridgehead atoms. The first-order chi connectivity index (χ1) is 8.66. The van der Waals surface area contributed by atoms with E-state index in [2.05, 4.69) is 23.7 Å². The van der Waals surface area contributed by atoms with Gasteiger partial charge in [-0.2, -0.15) is 0 Å². The second-order valence-electron chi connectivity index (χ2n) is 5.28. The Bertz CT molecular complexity index is 561. The molecule has 4 heteroatoms. The van der Waals surface area contributed by atoms with Crippen LogP contribution in [0.4, 0.5) is 0 Å². The van der Waals surface area contributed by atoms with Gasteiger partial charge in [0.25, 0.3) is 0 Å². The first-order valence-corrected chi connectivity index (χ1v) is 6.59. The van der Waals surface area contributed by atoms with E-state index >= 15 is 0 Å². The highest BCUT2D eigenvalue weighted by atomic mass is 16.3. The van der Waals surface area contributed by atoms with Crippen LogP contribution < -0.4 is 0 Å². The van der Waals surface area contributed by atoms with Crippen molar-refractivity contribution in [3.8, 4) is 5.75 Å². The summed E-state index contributed by atoms with van der Waals surface area (Å²) in [6.45, 7) is 5.60. The Morgan fingerprint density at radius 1 is 1.44 bits per heavy atom. The molecule has 0 spiro atoms. The van der Waals surface area contributed by atoms with E-state index < -0.39 is 0 Å². The van der Waals surface area contributed by atoms with Gasteiger partial charge in [0.05, 0.1) is 11.7 Å². The largest absolute Gasteiger partial charge is 0.504 e. The Hall–Kier alpha value is -1.55. The van der Waals surface area contributed by atoms with Crippen molar-refractivity contribution < 1.29 is 5.11 Å². The minimum Gasteiger partial charge on any atom is -0.504 e. The summed E-state index contributed by atoms with van der Waals surface area (Å²) in [6.07, 6.45) is 6.35. The third-order valence-electron chi connectivity index (χ3n) is 3.78. The molecule has 96 valence electrons. The van der Waals surface area contributed by atoms with Crippen LogP contribution in [-0.2, 0) is 0 Å². The summed E-state index contributed by atoms with van der Waals surface area (Å²) in [6, 6.07) is 4.45. The molecule has 1 atom stereocenters. The monoisotopic (exact) mass is 245 g/mol. The molecule has 18 heavy (non-hydrogen) atoms. The Kier molecular flexibility index (Phi) is 2.74. The standard InChI is InChI=1S/C14H19N3O/c1-10(2)17-8-3-5-12(17)11-9-16-7-4-6-13(18)14(16)15-11/h4,6-7,9-10,12,18H,3,5,8H2,1-2H3. The van der Waals surface area contributed by atoms with Crippen molar-refractivity contribution >= 4 is 5.65 Å². The van der Waals surface area contributed by atoms with Crippen molar-refractivity contribution in [3.05, 3.63) is 30.2 Å². The van der Waals surface area contributed by atoms with E-state index in [9.17, 15) is 5.11 Å². The van der Waals surface area contributed by atoms with E-state index in [1.165, 1.54) is 6.42 Å². The Labute approximate surface area is 107 Å². The average molecular weight is 245 g/mol. The van der Waals surface area contributed by atoms with Gasteiger partial charge >= 0.3 is 0 Å². The third-order valence-corrected chi connectivity index (χ3v) is 3.78. The molecule has 0 aromatic carbocycles. The van der Waals surface area contributed by atoms with E-state index in [0.29, 0.717) is 17.7 Å². The fourth-order valence-electron chi connectivity index (χ4n) is 2.90. The van der Waals surface area contributed by atoms with Gasteiger partial charge in [-0.1, -0.05) is 0 Å². The zero-order valence-electron chi connectivity index (χ0n) is 10.9. The first kappa shape index (κ1) is 11.5. The lowest BCUT2D eigenvalue weighted by Crippen LogP contribution is -2.30. The van der Waals surface area contributed by atoms with Crippen LogP contribution in [0.2, 0.25) is 0 Å². The summed E-state index contributed by atoms with van der Waals surface area (Å²) in [4.78, 5) is 7.08. The highest BCUT2D eigenvalue weighted by Crippen LogP contribution is 2.33. The molecule has 1 N–H and O–H groups in total. The predicted octanol–water partition coefficient (Wildman–Crippen LogP) is 2.59. The molecule has 4 nitrogen and oxygen atoms in total. The van der Waals surface area contributed by atoms with Crippen molar-refractivity contribution in [2.24, 2.45) is 0 Å². The SMILES string of the molecule is CC(C)N1CCCC1c1cn2cccc(O)c2n1. The Balaban J connectivity index is 2.01. The van der Waals surface area contributed by atoms with Gasteiger partial charge in [0.1, 0.15) is 0 Å². The van der Waals surface area contributed by atoms with Crippen LogP contribution in [-0.4, -0.2) is 32.0 Å². The molecule has 2 aromatic heterocycles. The molecule has 3 heterocycles. The normalized spacial score (nSPS) is 21.2. The van der Waals surface area contributed by atoms with Gasteiger partial charge in [0.15, 0.2) is 11.4 Å². The summed E-state index contributed by atoms with van der Waals surface area (Å²) in [7, 11) is 0. The van der Waals surface area contributed by atoms with Crippen LogP contribution >= 0.6 is 0 Å². The number of aromatic nitrogens is 2. The number of hydrogen-bond acceptors (Lipinski definition) is 3. The maximum Gasteiger partial charge on any atom is 0.179 e. The van der Waals surface area contributed by atoms with E-state index in [1.807, 2.05) is 22.9 Å². The van der Waals surface area contributed by atoms with Gasteiger partial charge < -0.3 is 9.51 Å². The fraction of sp³-hybridized carbons (Fsp3) is 0.500. The lowest BCUT2D eigenvalue weighted by molar-refractivity contribution is 0.202. The molecular weight excluding hydrogens is 226 g/mol. The number of pyridine rings is 1. The van der Waals surface area contributed by atoms with Crippen molar-refractivity contribution in [2.75, 3.05) is 6.54 Å². The van der Waals surface area contributed by atoms with Crippen LogP contribution in [0.25, 0.3) is 5.65 Å². The quantitative estimate of drug-likeness (QED) is 0.884. The van der Waals surface area contributed by atoms with E-state index in [4.69, 9.17) is 0 Å². The Morgan fingerprint density at radius 3 is 3.00 bits per heavy atom. The van der Waals surface area contributed by atoms with Gasteiger partial charge in [-0.15, -0.1) is 0 Å². The molecule has 0 aliphatic carbocycles. The number of hydrogen-bond donors (Lipinski definition) is 1. The summed E-state index contributed by atoms with van der Waals surface area (Å²) >= 11 is 0. The summed E-state index contributed by atoms with van der Waals surface area (Å²) in [5.41, 5.74) is 1.73. The molecule has 1 saturated heterocycles. The number of rotatable bonds is 2. The van der Waals surface area contributed by atoms with Gasteiger partial charge in [-0.25, -0.2) is 4.98 Å². The summed E-state index contributed by atoms with van der Waals surface area (Å²) in [5.74, 6) is 0.248. The molecule has 1 aliphatic heterocycles. The topological polar surface area (TPSA) is 40.8 Å². The smallest absolute Gasteiger partial charge is 0.179 e. The molecule has 2 aromatic rings. The van der Waals surface area contributed by atoms with E-state index in [-0.39, 0.29) is 5.75 Å². The predicted molar refractivity (Wildman–Crippen MR) is 70.7 cm³/mol. The van der Waals surface area contributed by atoms with Crippen molar-refractivity contribution in [2.45, 2.75) is 38.8 Å². The van der Waals surface area contributed by atoms with Crippen LogP contribution in [0.5, 0.6) is 5.75 Å². The third kappa shape index (κ3) is 1.77. The van der Waals surface area contributed by atoms with Crippen molar-refractivity contribution in [1.29, 1.82) is 0 Å². The maximum absolute atomic E-state index is 9.81.